The van der Waals surface area contributed by atoms with E-state index in [9.17, 15) is 4.79 Å². The van der Waals surface area contributed by atoms with Gasteiger partial charge < -0.3 is 24.8 Å². The quantitative estimate of drug-likeness (QED) is 0.773. The highest BCUT2D eigenvalue weighted by atomic mass is 16.7. The molecular weight excluding hydrogens is 284 g/mol. The zero-order valence-corrected chi connectivity index (χ0v) is 13.3. The second-order valence-corrected chi connectivity index (χ2v) is 5.13. The maximum absolute atomic E-state index is 11.9. The van der Waals surface area contributed by atoms with Crippen LogP contribution in [-0.2, 0) is 14.3 Å². The Morgan fingerprint density at radius 2 is 1.95 bits per heavy atom. The summed E-state index contributed by atoms with van der Waals surface area (Å²) in [5, 5.41) is 0. The summed E-state index contributed by atoms with van der Waals surface area (Å²) in [6.07, 6.45) is -0.758. The molecular formula is C16H24N2O4. The normalized spacial score (nSPS) is 20.6. The van der Waals surface area contributed by atoms with E-state index in [1.165, 1.54) is 0 Å². The average Bonchev–Trinajstić information content (AvgIpc) is 2.47. The summed E-state index contributed by atoms with van der Waals surface area (Å²) in [6, 6.07) is 7.04. The molecule has 0 aromatic heterocycles. The second kappa shape index (κ2) is 7.47. The molecule has 1 amide bonds. The number of nitrogens with zero attached hydrogens (tertiary/aromatic N) is 1. The largest absolute Gasteiger partial charge is 0.486 e. The van der Waals surface area contributed by atoms with Gasteiger partial charge in [0.05, 0.1) is 12.2 Å². The first-order valence-corrected chi connectivity index (χ1v) is 7.63. The molecule has 6 heteroatoms. The van der Waals surface area contributed by atoms with Crippen molar-refractivity contribution >= 4 is 11.6 Å². The summed E-state index contributed by atoms with van der Waals surface area (Å²) in [7, 11) is 0. The second-order valence-electron chi connectivity index (χ2n) is 5.13. The Morgan fingerprint density at radius 3 is 2.55 bits per heavy atom. The summed E-state index contributed by atoms with van der Waals surface area (Å²) in [5.74, 6) is 0.313. The number of hydrogen-bond acceptors (Lipinski definition) is 5. The number of benzene rings is 1. The summed E-state index contributed by atoms with van der Waals surface area (Å²) < 4.78 is 17.0. The molecule has 2 unspecified atom stereocenters. The smallest absolute Gasteiger partial charge is 0.243 e. The Bertz CT molecular complexity index is 503. The number of carbonyl (C=O) groups is 1. The molecule has 0 spiro atoms. The van der Waals surface area contributed by atoms with Crippen LogP contribution in [0.2, 0.25) is 0 Å². The van der Waals surface area contributed by atoms with E-state index in [4.69, 9.17) is 19.9 Å². The molecule has 0 saturated heterocycles. The first kappa shape index (κ1) is 16.6. The Balaban J connectivity index is 2.31. The van der Waals surface area contributed by atoms with E-state index in [1.54, 1.807) is 0 Å². The number of nitrogens with two attached hydrogens (primary N) is 1. The number of hydrogen-bond donors (Lipinski definition) is 1. The third-order valence-electron chi connectivity index (χ3n) is 3.61. The van der Waals surface area contributed by atoms with Crippen LogP contribution in [0.25, 0.3) is 0 Å². The highest BCUT2D eigenvalue weighted by Gasteiger charge is 2.38. The topological polar surface area (TPSA) is 74.0 Å². The van der Waals surface area contributed by atoms with Gasteiger partial charge in [-0.2, -0.15) is 0 Å². The lowest BCUT2D eigenvalue weighted by Crippen LogP contribution is -2.57. The molecule has 1 aliphatic rings. The van der Waals surface area contributed by atoms with Crippen molar-refractivity contribution in [3.05, 3.63) is 24.3 Å². The lowest BCUT2D eigenvalue weighted by atomic mass is 10.1. The molecule has 0 aliphatic carbocycles. The van der Waals surface area contributed by atoms with Crippen molar-refractivity contribution in [2.45, 2.75) is 39.2 Å². The van der Waals surface area contributed by atoms with Gasteiger partial charge in [-0.1, -0.05) is 12.1 Å². The van der Waals surface area contributed by atoms with Gasteiger partial charge >= 0.3 is 0 Å². The fourth-order valence-electron chi connectivity index (χ4n) is 2.74. The molecule has 2 atom stereocenters. The van der Waals surface area contributed by atoms with Gasteiger partial charge in [-0.15, -0.1) is 0 Å². The van der Waals surface area contributed by atoms with Crippen LogP contribution in [0.1, 0.15) is 20.8 Å². The monoisotopic (exact) mass is 308 g/mol. The van der Waals surface area contributed by atoms with Gasteiger partial charge in [-0.25, -0.2) is 0 Å². The molecule has 0 saturated carbocycles. The van der Waals surface area contributed by atoms with Crippen LogP contribution < -0.4 is 15.4 Å². The van der Waals surface area contributed by atoms with E-state index in [0.717, 1.165) is 11.4 Å². The minimum absolute atomic E-state index is 0.337. The minimum atomic E-state index is -0.557. The Morgan fingerprint density at radius 1 is 1.32 bits per heavy atom. The van der Waals surface area contributed by atoms with Crippen molar-refractivity contribution in [2.75, 3.05) is 24.7 Å². The van der Waals surface area contributed by atoms with Gasteiger partial charge in [0.2, 0.25) is 5.91 Å². The molecule has 1 heterocycles. The summed E-state index contributed by atoms with van der Waals surface area (Å²) >= 11 is 0. The van der Waals surface area contributed by atoms with Crippen LogP contribution in [0.15, 0.2) is 24.3 Å². The van der Waals surface area contributed by atoms with E-state index >= 15 is 0 Å². The number of carbonyl (C=O) groups excluding carboxylic acids is 1. The van der Waals surface area contributed by atoms with Crippen molar-refractivity contribution in [1.29, 1.82) is 0 Å². The minimum Gasteiger partial charge on any atom is -0.486 e. The Labute approximate surface area is 131 Å². The number of anilines is 1. The highest BCUT2D eigenvalue weighted by molar-refractivity contribution is 5.86. The lowest BCUT2D eigenvalue weighted by Gasteiger charge is -2.41. The predicted molar refractivity (Wildman–Crippen MR) is 83.9 cm³/mol. The van der Waals surface area contributed by atoms with E-state index in [2.05, 4.69) is 0 Å². The third kappa shape index (κ3) is 3.51. The predicted octanol–water partition coefficient (Wildman–Crippen LogP) is 1.53. The van der Waals surface area contributed by atoms with Crippen LogP contribution in [0.5, 0.6) is 5.75 Å². The van der Waals surface area contributed by atoms with Gasteiger partial charge in [0.25, 0.3) is 0 Å². The Hall–Kier alpha value is -1.79. The number of amides is 1. The van der Waals surface area contributed by atoms with E-state index in [-0.39, 0.29) is 6.10 Å². The van der Waals surface area contributed by atoms with Crippen molar-refractivity contribution in [2.24, 2.45) is 5.73 Å². The van der Waals surface area contributed by atoms with Crippen LogP contribution in [-0.4, -0.2) is 44.1 Å². The lowest BCUT2D eigenvalue weighted by molar-refractivity contribution is -0.133. The van der Waals surface area contributed by atoms with Crippen molar-refractivity contribution in [3.8, 4) is 5.75 Å². The zero-order valence-electron chi connectivity index (χ0n) is 13.3. The molecule has 0 fully saturated rings. The molecule has 22 heavy (non-hydrogen) atoms. The molecule has 1 aromatic carbocycles. The van der Waals surface area contributed by atoms with Crippen molar-refractivity contribution in [1.82, 2.24) is 0 Å². The SMILES string of the molecule is CCOC(CN1c2ccccc2OC(C)C1C(N)=O)OCC. The number of primary amides is 1. The number of fused-ring (bicyclic) bond motifs is 1. The number of ether oxygens (including phenoxy) is 3. The number of rotatable bonds is 7. The maximum Gasteiger partial charge on any atom is 0.243 e. The van der Waals surface area contributed by atoms with Gasteiger partial charge in [-0.05, 0) is 32.9 Å². The summed E-state index contributed by atoms with van der Waals surface area (Å²) in [5.41, 5.74) is 6.41. The molecule has 6 nitrogen and oxygen atoms in total. The van der Waals surface area contributed by atoms with Gasteiger partial charge in [-0.3, -0.25) is 4.79 Å². The first-order valence-electron chi connectivity index (χ1n) is 7.63. The summed E-state index contributed by atoms with van der Waals surface area (Å²) in [4.78, 5) is 13.8. The molecule has 1 aliphatic heterocycles. The van der Waals surface area contributed by atoms with Crippen molar-refractivity contribution in [3.63, 3.8) is 0 Å². The Kier molecular flexibility index (Phi) is 5.63. The van der Waals surface area contributed by atoms with Gasteiger partial charge in [0, 0.05) is 13.2 Å². The van der Waals surface area contributed by atoms with Crippen LogP contribution in [0.3, 0.4) is 0 Å². The fraction of sp³-hybridized carbons (Fsp3) is 0.562. The van der Waals surface area contributed by atoms with Gasteiger partial charge in [0.1, 0.15) is 17.9 Å². The van der Waals surface area contributed by atoms with Crippen LogP contribution >= 0.6 is 0 Å². The molecule has 122 valence electrons. The van der Waals surface area contributed by atoms with Crippen LogP contribution in [0, 0.1) is 0 Å². The fourth-order valence-corrected chi connectivity index (χ4v) is 2.74. The molecule has 1 aromatic rings. The zero-order chi connectivity index (χ0) is 16.1. The van der Waals surface area contributed by atoms with E-state index < -0.39 is 18.2 Å². The van der Waals surface area contributed by atoms with Crippen molar-refractivity contribution < 1.29 is 19.0 Å². The maximum atomic E-state index is 11.9. The molecule has 2 rings (SSSR count). The van der Waals surface area contributed by atoms with Crippen LogP contribution in [0.4, 0.5) is 5.69 Å². The summed E-state index contributed by atoms with van der Waals surface area (Å²) in [6.45, 7) is 7.15. The van der Waals surface area contributed by atoms with E-state index in [0.29, 0.717) is 19.8 Å². The number of para-hydroxylation sites is 2. The first-order chi connectivity index (χ1) is 10.6. The average molecular weight is 308 g/mol. The highest BCUT2D eigenvalue weighted by Crippen LogP contribution is 2.36. The van der Waals surface area contributed by atoms with Gasteiger partial charge in [0.15, 0.2) is 6.29 Å². The van der Waals surface area contributed by atoms with E-state index in [1.807, 2.05) is 49.9 Å². The molecule has 2 N–H and O–H groups in total. The molecule has 0 bridgehead atoms. The third-order valence-corrected chi connectivity index (χ3v) is 3.61. The standard InChI is InChI=1S/C16H24N2O4/c1-4-20-14(21-5-2)10-18-12-8-6-7-9-13(12)22-11(3)15(18)16(17)19/h6-9,11,14-15H,4-5,10H2,1-3H3,(H2,17,19). The molecule has 0 radical (unpaired) electrons.